The molecule has 0 spiro atoms. The predicted molar refractivity (Wildman–Crippen MR) is 85.2 cm³/mol. The number of fused-ring (bicyclic) bond motifs is 1. The van der Waals surface area contributed by atoms with Crippen LogP contribution < -0.4 is 14.8 Å². The van der Waals surface area contributed by atoms with Gasteiger partial charge in [-0.05, 0) is 24.3 Å². The van der Waals surface area contributed by atoms with Gasteiger partial charge >= 0.3 is 0 Å². The van der Waals surface area contributed by atoms with E-state index in [2.05, 4.69) is 5.32 Å². The maximum atomic E-state index is 12.6. The highest BCUT2D eigenvalue weighted by atomic mass is 32.2. The molecule has 120 valence electrons. The molecule has 1 N–H and O–H groups in total. The van der Waals surface area contributed by atoms with Gasteiger partial charge in [-0.3, -0.25) is 0 Å². The van der Waals surface area contributed by atoms with Crippen LogP contribution in [-0.4, -0.2) is 38.6 Å². The van der Waals surface area contributed by atoms with Gasteiger partial charge in [0.2, 0.25) is 16.8 Å². The lowest BCUT2D eigenvalue weighted by atomic mass is 10.1. The molecule has 2 aromatic rings. The van der Waals surface area contributed by atoms with E-state index in [9.17, 15) is 8.42 Å². The molecule has 2 aromatic carbocycles. The summed E-state index contributed by atoms with van der Waals surface area (Å²) in [5, 5.41) is 3.32. The van der Waals surface area contributed by atoms with Crippen molar-refractivity contribution in [2.45, 2.75) is 10.9 Å². The molecule has 1 saturated heterocycles. The third-order valence-corrected chi connectivity index (χ3v) is 5.80. The van der Waals surface area contributed by atoms with Crippen molar-refractivity contribution in [3.8, 4) is 11.5 Å². The molecule has 6 nitrogen and oxygen atoms in total. The smallest absolute Gasteiger partial charge is 0.243 e. The number of sulfonamides is 1. The van der Waals surface area contributed by atoms with Crippen LogP contribution in [0.15, 0.2) is 53.4 Å². The number of benzene rings is 2. The SMILES string of the molecule is O=S(=O)(c1ccc2c(c1)OCO2)N1CC(Nc2ccccc2)C1. The molecule has 2 heterocycles. The first-order valence-corrected chi connectivity index (χ1v) is 8.78. The Morgan fingerprint density at radius 3 is 2.52 bits per heavy atom. The van der Waals surface area contributed by atoms with Crippen molar-refractivity contribution < 1.29 is 17.9 Å². The number of para-hydroxylation sites is 1. The van der Waals surface area contributed by atoms with Crippen LogP contribution in [0.1, 0.15) is 0 Å². The van der Waals surface area contributed by atoms with Crippen LogP contribution in [0, 0.1) is 0 Å². The van der Waals surface area contributed by atoms with E-state index in [-0.39, 0.29) is 17.7 Å². The molecule has 2 aliphatic heterocycles. The molecular formula is C16H16N2O4S. The van der Waals surface area contributed by atoms with Crippen molar-refractivity contribution in [2.24, 2.45) is 0 Å². The van der Waals surface area contributed by atoms with E-state index in [0.717, 1.165) is 5.69 Å². The molecule has 23 heavy (non-hydrogen) atoms. The highest BCUT2D eigenvalue weighted by Crippen LogP contribution is 2.35. The third-order valence-electron chi connectivity index (χ3n) is 3.97. The van der Waals surface area contributed by atoms with Gasteiger partial charge < -0.3 is 14.8 Å². The van der Waals surface area contributed by atoms with E-state index < -0.39 is 10.0 Å². The Morgan fingerprint density at radius 2 is 1.74 bits per heavy atom. The fourth-order valence-electron chi connectivity index (χ4n) is 2.68. The molecule has 0 atom stereocenters. The fourth-order valence-corrected chi connectivity index (χ4v) is 4.23. The zero-order chi connectivity index (χ0) is 15.9. The average Bonchev–Trinajstić information content (AvgIpc) is 2.99. The molecule has 0 bridgehead atoms. The Hall–Kier alpha value is -2.25. The second-order valence-electron chi connectivity index (χ2n) is 5.54. The van der Waals surface area contributed by atoms with Gasteiger partial charge in [-0.25, -0.2) is 8.42 Å². The van der Waals surface area contributed by atoms with Gasteiger partial charge in [-0.15, -0.1) is 0 Å². The van der Waals surface area contributed by atoms with Gasteiger partial charge in [0.25, 0.3) is 0 Å². The molecule has 0 unspecified atom stereocenters. The monoisotopic (exact) mass is 332 g/mol. The maximum absolute atomic E-state index is 12.6. The number of anilines is 1. The number of hydrogen-bond donors (Lipinski definition) is 1. The quantitative estimate of drug-likeness (QED) is 0.926. The van der Waals surface area contributed by atoms with Crippen molar-refractivity contribution in [3.05, 3.63) is 48.5 Å². The molecule has 4 rings (SSSR count). The first kappa shape index (κ1) is 14.3. The Labute approximate surface area is 134 Å². The zero-order valence-electron chi connectivity index (χ0n) is 12.3. The second-order valence-corrected chi connectivity index (χ2v) is 7.48. The summed E-state index contributed by atoms with van der Waals surface area (Å²) in [6.07, 6.45) is 0. The van der Waals surface area contributed by atoms with Gasteiger partial charge in [0.15, 0.2) is 11.5 Å². The average molecular weight is 332 g/mol. The molecule has 2 aliphatic rings. The van der Waals surface area contributed by atoms with E-state index >= 15 is 0 Å². The van der Waals surface area contributed by atoms with Crippen LogP contribution in [0.3, 0.4) is 0 Å². The lowest BCUT2D eigenvalue weighted by molar-refractivity contribution is 0.174. The van der Waals surface area contributed by atoms with Gasteiger partial charge in [-0.1, -0.05) is 18.2 Å². The first-order chi connectivity index (χ1) is 11.1. The van der Waals surface area contributed by atoms with Crippen molar-refractivity contribution in [3.63, 3.8) is 0 Å². The lowest BCUT2D eigenvalue weighted by Crippen LogP contribution is -2.56. The summed E-state index contributed by atoms with van der Waals surface area (Å²) in [7, 11) is -3.49. The summed E-state index contributed by atoms with van der Waals surface area (Å²) >= 11 is 0. The first-order valence-electron chi connectivity index (χ1n) is 7.34. The molecule has 1 fully saturated rings. The van der Waals surface area contributed by atoms with E-state index in [1.165, 1.54) is 10.4 Å². The van der Waals surface area contributed by atoms with E-state index in [1.807, 2.05) is 30.3 Å². The van der Waals surface area contributed by atoms with Crippen LogP contribution in [0.2, 0.25) is 0 Å². The normalized spacial score (nSPS) is 17.7. The maximum Gasteiger partial charge on any atom is 0.243 e. The second kappa shape index (κ2) is 5.43. The van der Waals surface area contributed by atoms with Gasteiger partial charge in [0, 0.05) is 24.8 Å². The molecular weight excluding hydrogens is 316 g/mol. The summed E-state index contributed by atoms with van der Waals surface area (Å²) in [6, 6.07) is 14.6. The number of nitrogens with zero attached hydrogens (tertiary/aromatic N) is 1. The topological polar surface area (TPSA) is 67.9 Å². The van der Waals surface area contributed by atoms with Gasteiger partial charge in [0.1, 0.15) is 0 Å². The highest BCUT2D eigenvalue weighted by molar-refractivity contribution is 7.89. The van der Waals surface area contributed by atoms with Crippen LogP contribution >= 0.6 is 0 Å². The van der Waals surface area contributed by atoms with Crippen LogP contribution in [-0.2, 0) is 10.0 Å². The highest BCUT2D eigenvalue weighted by Gasteiger charge is 2.37. The molecule has 0 aromatic heterocycles. The summed E-state index contributed by atoms with van der Waals surface area (Å²) in [4.78, 5) is 0.236. The minimum atomic E-state index is -3.49. The molecule has 0 aliphatic carbocycles. The largest absolute Gasteiger partial charge is 0.454 e. The van der Waals surface area contributed by atoms with Gasteiger partial charge in [0.05, 0.1) is 10.9 Å². The minimum Gasteiger partial charge on any atom is -0.454 e. The summed E-state index contributed by atoms with van der Waals surface area (Å²) in [6.45, 7) is 1.03. The number of nitrogens with one attached hydrogen (secondary N) is 1. The van der Waals surface area contributed by atoms with Crippen molar-refractivity contribution in [1.29, 1.82) is 0 Å². The van der Waals surface area contributed by atoms with E-state index in [1.54, 1.807) is 12.1 Å². The van der Waals surface area contributed by atoms with Crippen molar-refractivity contribution >= 4 is 15.7 Å². The summed E-state index contributed by atoms with van der Waals surface area (Å²) in [5.41, 5.74) is 0.998. The summed E-state index contributed by atoms with van der Waals surface area (Å²) in [5.74, 6) is 1.06. The predicted octanol–water partition coefficient (Wildman–Crippen LogP) is 1.90. The molecule has 0 radical (unpaired) electrons. The van der Waals surface area contributed by atoms with Gasteiger partial charge in [-0.2, -0.15) is 4.31 Å². The Morgan fingerprint density at radius 1 is 1.00 bits per heavy atom. The van der Waals surface area contributed by atoms with E-state index in [0.29, 0.717) is 24.6 Å². The zero-order valence-corrected chi connectivity index (χ0v) is 13.1. The van der Waals surface area contributed by atoms with Crippen molar-refractivity contribution in [2.75, 3.05) is 25.2 Å². The van der Waals surface area contributed by atoms with Crippen LogP contribution in [0.4, 0.5) is 5.69 Å². The Kier molecular flexibility index (Phi) is 3.39. The van der Waals surface area contributed by atoms with Crippen LogP contribution in [0.5, 0.6) is 11.5 Å². The lowest BCUT2D eigenvalue weighted by Gasteiger charge is -2.38. The number of hydrogen-bond acceptors (Lipinski definition) is 5. The minimum absolute atomic E-state index is 0.126. The molecule has 7 heteroatoms. The van der Waals surface area contributed by atoms with Crippen LogP contribution in [0.25, 0.3) is 0 Å². The summed E-state index contributed by atoms with van der Waals surface area (Å²) < 4.78 is 37.1. The van der Waals surface area contributed by atoms with Crippen molar-refractivity contribution in [1.82, 2.24) is 4.31 Å². The molecule has 0 saturated carbocycles. The standard InChI is InChI=1S/C16H16N2O4S/c19-23(20,14-6-7-15-16(8-14)22-11-21-15)18-9-13(10-18)17-12-4-2-1-3-5-12/h1-8,13,17H,9-11H2. The fraction of sp³-hybridized carbons (Fsp3) is 0.250. The Bertz CT molecular complexity index is 817. The number of rotatable bonds is 4. The molecule has 0 amide bonds. The number of ether oxygens (including phenoxy) is 2. The third kappa shape index (κ3) is 2.62. The van der Waals surface area contributed by atoms with E-state index in [4.69, 9.17) is 9.47 Å². The Balaban J connectivity index is 1.45.